The lowest BCUT2D eigenvalue weighted by Gasteiger charge is -1.97. The van der Waals surface area contributed by atoms with Crippen LogP contribution in [-0.4, -0.2) is 16.8 Å². The van der Waals surface area contributed by atoms with E-state index in [0.29, 0.717) is 11.0 Å². The Morgan fingerprint density at radius 2 is 2.19 bits per heavy atom. The van der Waals surface area contributed by atoms with Crippen LogP contribution in [0, 0.1) is 11.8 Å². The molecule has 0 amide bonds. The molecule has 2 aromatic rings. The summed E-state index contributed by atoms with van der Waals surface area (Å²) in [5.41, 5.74) is 0.217. The van der Waals surface area contributed by atoms with Crippen LogP contribution >= 0.6 is 0 Å². The highest BCUT2D eigenvalue weighted by molar-refractivity contribution is 5.78. The van der Waals surface area contributed by atoms with Crippen molar-refractivity contribution in [3.63, 3.8) is 0 Å². The van der Waals surface area contributed by atoms with Crippen LogP contribution in [0.15, 0.2) is 33.7 Å². The highest BCUT2D eigenvalue weighted by Gasteiger charge is 2.05. The van der Waals surface area contributed by atoms with Crippen molar-refractivity contribution in [1.82, 2.24) is 0 Å². The molecular weight excluding hydrogens is 208 g/mol. The zero-order valence-corrected chi connectivity index (χ0v) is 8.23. The molecule has 0 aliphatic heterocycles. The van der Waals surface area contributed by atoms with Crippen molar-refractivity contribution >= 4 is 11.0 Å². The Morgan fingerprint density at radius 3 is 2.94 bits per heavy atom. The Kier molecular flexibility index (Phi) is 2.63. The minimum Gasteiger partial charge on any atom is -0.508 e. The second-order valence-corrected chi connectivity index (χ2v) is 3.12. The number of hydrogen-bond acceptors (Lipinski definition) is 4. The largest absolute Gasteiger partial charge is 0.508 e. The molecule has 0 saturated heterocycles. The van der Waals surface area contributed by atoms with Crippen LogP contribution in [0.1, 0.15) is 5.56 Å². The SMILES string of the molecule is O=c1c(C#CCO)coc2cc(O)ccc12. The lowest BCUT2D eigenvalue weighted by Crippen LogP contribution is -2.05. The van der Waals surface area contributed by atoms with Crippen LogP contribution in [0.25, 0.3) is 11.0 Å². The van der Waals surface area contributed by atoms with Crippen molar-refractivity contribution in [3.05, 3.63) is 40.2 Å². The van der Waals surface area contributed by atoms with E-state index < -0.39 is 0 Å². The number of phenolic OH excluding ortho intramolecular Hbond substituents is 1. The summed E-state index contributed by atoms with van der Waals surface area (Å²) < 4.78 is 5.16. The molecule has 2 N–H and O–H groups in total. The maximum absolute atomic E-state index is 11.8. The fraction of sp³-hybridized carbons (Fsp3) is 0.0833. The summed E-state index contributed by atoms with van der Waals surface area (Å²) in [5.74, 6) is 4.91. The van der Waals surface area contributed by atoms with Gasteiger partial charge in [-0.15, -0.1) is 0 Å². The first kappa shape index (κ1) is 10.3. The summed E-state index contributed by atoms with van der Waals surface area (Å²) in [4.78, 5) is 11.8. The van der Waals surface area contributed by atoms with Crippen LogP contribution in [-0.2, 0) is 0 Å². The lowest BCUT2D eigenvalue weighted by atomic mass is 10.1. The van der Waals surface area contributed by atoms with Gasteiger partial charge in [-0.2, -0.15) is 0 Å². The first-order valence-electron chi connectivity index (χ1n) is 4.56. The minimum atomic E-state index is -0.312. The molecule has 0 aliphatic rings. The van der Waals surface area contributed by atoms with E-state index in [0.717, 1.165) is 0 Å². The van der Waals surface area contributed by atoms with Gasteiger partial charge >= 0.3 is 0 Å². The molecule has 0 radical (unpaired) electrons. The summed E-state index contributed by atoms with van der Waals surface area (Å²) in [7, 11) is 0. The minimum absolute atomic E-state index is 0.0323. The number of benzene rings is 1. The maximum atomic E-state index is 11.8. The van der Waals surface area contributed by atoms with E-state index in [1.807, 2.05) is 0 Å². The van der Waals surface area contributed by atoms with Crippen molar-refractivity contribution in [2.24, 2.45) is 0 Å². The van der Waals surface area contributed by atoms with E-state index >= 15 is 0 Å². The van der Waals surface area contributed by atoms with E-state index in [-0.39, 0.29) is 23.3 Å². The number of aromatic hydroxyl groups is 1. The number of phenols is 1. The van der Waals surface area contributed by atoms with E-state index in [2.05, 4.69) is 11.8 Å². The van der Waals surface area contributed by atoms with Crippen LogP contribution in [0.5, 0.6) is 5.75 Å². The summed E-state index contributed by atoms with van der Waals surface area (Å²) in [5, 5.41) is 18.1. The number of aliphatic hydroxyl groups is 1. The van der Waals surface area contributed by atoms with Crippen LogP contribution < -0.4 is 5.43 Å². The zero-order chi connectivity index (χ0) is 11.5. The molecule has 0 unspecified atom stereocenters. The zero-order valence-electron chi connectivity index (χ0n) is 8.23. The Morgan fingerprint density at radius 1 is 1.38 bits per heavy atom. The average Bonchev–Trinajstić information content (AvgIpc) is 2.28. The van der Waals surface area contributed by atoms with Crippen molar-refractivity contribution < 1.29 is 14.6 Å². The fourth-order valence-corrected chi connectivity index (χ4v) is 1.34. The first-order chi connectivity index (χ1) is 7.72. The highest BCUT2D eigenvalue weighted by atomic mass is 16.3. The molecule has 4 nitrogen and oxygen atoms in total. The maximum Gasteiger partial charge on any atom is 0.208 e. The van der Waals surface area contributed by atoms with Crippen molar-refractivity contribution in [3.8, 4) is 17.6 Å². The molecule has 1 aromatic heterocycles. The molecule has 0 aliphatic carbocycles. The third-order valence-corrected chi connectivity index (χ3v) is 2.06. The predicted octanol–water partition coefficient (Wildman–Crippen LogP) is 0.842. The smallest absolute Gasteiger partial charge is 0.208 e. The highest BCUT2D eigenvalue weighted by Crippen LogP contribution is 2.17. The van der Waals surface area contributed by atoms with E-state index in [1.54, 1.807) is 0 Å². The molecule has 0 spiro atoms. The van der Waals surface area contributed by atoms with E-state index in [9.17, 15) is 9.90 Å². The summed E-state index contributed by atoms with van der Waals surface area (Å²) in [6.45, 7) is -0.312. The second kappa shape index (κ2) is 4.09. The lowest BCUT2D eigenvalue weighted by molar-refractivity contribution is 0.350. The van der Waals surface area contributed by atoms with Gasteiger partial charge in [-0.05, 0) is 12.1 Å². The van der Waals surface area contributed by atoms with Gasteiger partial charge in [0, 0.05) is 6.07 Å². The van der Waals surface area contributed by atoms with Crippen LogP contribution in [0.3, 0.4) is 0 Å². The third kappa shape index (κ3) is 1.76. The summed E-state index contributed by atoms with van der Waals surface area (Å²) in [6.07, 6.45) is 1.22. The Balaban J connectivity index is 2.71. The molecule has 4 heteroatoms. The summed E-state index contributed by atoms with van der Waals surface area (Å²) >= 11 is 0. The van der Waals surface area contributed by atoms with Gasteiger partial charge in [0.25, 0.3) is 0 Å². The fourth-order valence-electron chi connectivity index (χ4n) is 1.34. The topological polar surface area (TPSA) is 70.7 Å². The molecule has 1 heterocycles. The van der Waals surface area contributed by atoms with E-state index in [4.69, 9.17) is 9.52 Å². The molecule has 16 heavy (non-hydrogen) atoms. The average molecular weight is 216 g/mol. The number of aliphatic hydroxyl groups excluding tert-OH is 1. The van der Waals surface area contributed by atoms with Crippen molar-refractivity contribution in [1.29, 1.82) is 0 Å². The second-order valence-electron chi connectivity index (χ2n) is 3.12. The molecule has 80 valence electrons. The van der Waals surface area contributed by atoms with Crippen molar-refractivity contribution in [2.75, 3.05) is 6.61 Å². The third-order valence-electron chi connectivity index (χ3n) is 2.06. The normalized spacial score (nSPS) is 9.81. The molecule has 0 fully saturated rings. The molecule has 0 saturated carbocycles. The molecule has 1 aromatic carbocycles. The Hall–Kier alpha value is -2.25. The standard InChI is InChI=1S/C12H8O4/c13-5-1-2-8-7-16-11-6-9(14)3-4-10(11)12(8)15/h3-4,6-7,13-14H,5H2. The number of fused-ring (bicyclic) bond motifs is 1. The predicted molar refractivity (Wildman–Crippen MR) is 58.1 cm³/mol. The van der Waals surface area contributed by atoms with Gasteiger partial charge in [0.1, 0.15) is 29.8 Å². The van der Waals surface area contributed by atoms with Gasteiger partial charge in [0.2, 0.25) is 5.43 Å². The van der Waals surface area contributed by atoms with E-state index in [1.165, 1.54) is 24.5 Å². The Labute approximate surface area is 90.8 Å². The van der Waals surface area contributed by atoms with Gasteiger partial charge in [-0.1, -0.05) is 11.8 Å². The number of rotatable bonds is 0. The molecule has 2 rings (SSSR count). The molecule has 0 atom stereocenters. The van der Waals surface area contributed by atoms with Crippen LogP contribution in [0.4, 0.5) is 0 Å². The Bertz CT molecular complexity index is 643. The van der Waals surface area contributed by atoms with Gasteiger partial charge in [-0.3, -0.25) is 4.79 Å². The van der Waals surface area contributed by atoms with Gasteiger partial charge in [-0.25, -0.2) is 0 Å². The quantitative estimate of drug-likeness (QED) is 0.640. The first-order valence-corrected chi connectivity index (χ1v) is 4.56. The molecule has 0 bridgehead atoms. The molecular formula is C12H8O4. The van der Waals surface area contributed by atoms with Gasteiger partial charge in [0.15, 0.2) is 0 Å². The van der Waals surface area contributed by atoms with Gasteiger partial charge < -0.3 is 14.6 Å². The monoisotopic (exact) mass is 216 g/mol. The summed E-state index contributed by atoms with van der Waals surface area (Å²) in [6, 6.07) is 4.24. The van der Waals surface area contributed by atoms with Crippen LogP contribution in [0.2, 0.25) is 0 Å². The van der Waals surface area contributed by atoms with Crippen molar-refractivity contribution in [2.45, 2.75) is 0 Å². The van der Waals surface area contributed by atoms with Gasteiger partial charge in [0.05, 0.1) is 5.39 Å². The number of hydrogen-bond donors (Lipinski definition) is 2.